The average Bonchev–Trinajstić information content (AvgIpc) is 2.42. The maximum absolute atomic E-state index is 11.6. The van der Waals surface area contributed by atoms with E-state index in [1.165, 1.54) is 14.2 Å². The van der Waals surface area contributed by atoms with E-state index in [-0.39, 0.29) is 6.54 Å². The molecule has 0 aliphatic heterocycles. The zero-order valence-electron chi connectivity index (χ0n) is 13.5. The monoisotopic (exact) mass is 330 g/mol. The molecule has 0 saturated carbocycles. The van der Waals surface area contributed by atoms with Crippen molar-refractivity contribution < 1.29 is 19.0 Å². The third-order valence-electron chi connectivity index (χ3n) is 2.78. The Labute approximate surface area is 135 Å². The fourth-order valence-electron chi connectivity index (χ4n) is 1.81. The van der Waals surface area contributed by atoms with Crippen LogP contribution in [0.5, 0.6) is 11.5 Å². The Balaban J connectivity index is 2.78. The van der Waals surface area contributed by atoms with Gasteiger partial charge in [0.05, 0.1) is 19.2 Å². The van der Waals surface area contributed by atoms with Gasteiger partial charge in [-0.3, -0.25) is 0 Å². The van der Waals surface area contributed by atoms with Crippen molar-refractivity contribution in [2.75, 3.05) is 20.8 Å². The fourth-order valence-corrected chi connectivity index (χ4v) is 2.18. The smallest absolute Gasteiger partial charge is 0.407 e. The number of carbonyl (C=O) groups is 1. The van der Waals surface area contributed by atoms with Crippen LogP contribution in [0.4, 0.5) is 4.79 Å². The van der Waals surface area contributed by atoms with E-state index < -0.39 is 17.7 Å². The van der Waals surface area contributed by atoms with Gasteiger partial charge in [0.2, 0.25) is 0 Å². The first-order valence-corrected chi connectivity index (χ1v) is 7.20. The number of nitrogens with one attached hydrogen (secondary N) is 1. The third-order valence-corrected chi connectivity index (χ3v) is 3.17. The van der Waals surface area contributed by atoms with Gasteiger partial charge in [-0.05, 0) is 32.4 Å². The van der Waals surface area contributed by atoms with Crippen molar-refractivity contribution in [1.29, 1.82) is 0 Å². The van der Waals surface area contributed by atoms with Gasteiger partial charge in [0.1, 0.15) is 5.60 Å². The number of carbonyl (C=O) groups excluding carboxylic acids is 1. The minimum Gasteiger partial charge on any atom is -0.493 e. The van der Waals surface area contributed by atoms with Crippen molar-refractivity contribution in [3.05, 3.63) is 22.7 Å². The van der Waals surface area contributed by atoms with Crippen LogP contribution >= 0.6 is 11.6 Å². The second-order valence-electron chi connectivity index (χ2n) is 5.69. The molecule has 3 N–H and O–H groups in total. The molecule has 7 heteroatoms. The largest absolute Gasteiger partial charge is 0.493 e. The van der Waals surface area contributed by atoms with E-state index in [0.29, 0.717) is 22.1 Å². The fraction of sp³-hybridized carbons (Fsp3) is 0.533. The molecule has 0 aliphatic carbocycles. The first kappa shape index (κ1) is 18.4. The molecule has 0 heterocycles. The third kappa shape index (κ3) is 4.96. The number of ether oxygens (including phenoxy) is 3. The van der Waals surface area contributed by atoms with Crippen LogP contribution in [-0.2, 0) is 4.74 Å². The molecule has 0 aromatic heterocycles. The number of alkyl carbamates (subject to hydrolysis) is 1. The van der Waals surface area contributed by atoms with Crippen LogP contribution in [0.2, 0.25) is 5.02 Å². The summed E-state index contributed by atoms with van der Waals surface area (Å²) in [5.41, 5.74) is 6.16. The highest BCUT2D eigenvalue weighted by Crippen LogP contribution is 2.38. The van der Waals surface area contributed by atoms with E-state index in [9.17, 15) is 4.79 Å². The first-order chi connectivity index (χ1) is 10.2. The van der Waals surface area contributed by atoms with Crippen molar-refractivity contribution >= 4 is 17.7 Å². The molecule has 0 aliphatic rings. The molecule has 1 unspecified atom stereocenters. The van der Waals surface area contributed by atoms with Crippen LogP contribution in [0.15, 0.2) is 12.1 Å². The van der Waals surface area contributed by atoms with Crippen LogP contribution < -0.4 is 20.5 Å². The quantitative estimate of drug-likeness (QED) is 0.867. The van der Waals surface area contributed by atoms with Crippen LogP contribution in [0.1, 0.15) is 32.4 Å². The Hall–Kier alpha value is -1.66. The van der Waals surface area contributed by atoms with Gasteiger partial charge in [-0.25, -0.2) is 4.79 Å². The standard InChI is InChI=1S/C15H23ClN2O4/c1-15(2,3)22-14(19)18-8-10(17)9-6-7-11(20-4)13(21-5)12(9)16/h6-7,10H,8,17H2,1-5H3,(H,18,19). The lowest BCUT2D eigenvalue weighted by Crippen LogP contribution is -2.36. The minimum absolute atomic E-state index is 0.185. The van der Waals surface area contributed by atoms with E-state index in [1.807, 2.05) is 0 Å². The van der Waals surface area contributed by atoms with E-state index in [2.05, 4.69) is 5.32 Å². The van der Waals surface area contributed by atoms with Gasteiger partial charge >= 0.3 is 6.09 Å². The van der Waals surface area contributed by atoms with Gasteiger partial charge in [0.15, 0.2) is 11.5 Å². The van der Waals surface area contributed by atoms with Crippen LogP contribution in [0.3, 0.4) is 0 Å². The second-order valence-corrected chi connectivity index (χ2v) is 6.07. The van der Waals surface area contributed by atoms with Crippen molar-refractivity contribution in [3.63, 3.8) is 0 Å². The van der Waals surface area contributed by atoms with Gasteiger partial charge in [-0.15, -0.1) is 0 Å². The Morgan fingerprint density at radius 2 is 1.95 bits per heavy atom. The Bertz CT molecular complexity index is 529. The summed E-state index contributed by atoms with van der Waals surface area (Å²) in [4.78, 5) is 11.6. The summed E-state index contributed by atoms with van der Waals surface area (Å²) in [6, 6.07) is 2.96. The number of nitrogens with two attached hydrogens (primary N) is 1. The van der Waals surface area contributed by atoms with Crippen molar-refractivity contribution in [1.82, 2.24) is 5.32 Å². The highest BCUT2D eigenvalue weighted by Gasteiger charge is 2.20. The normalized spacial score (nSPS) is 12.5. The van der Waals surface area contributed by atoms with E-state index >= 15 is 0 Å². The van der Waals surface area contributed by atoms with Gasteiger partial charge < -0.3 is 25.3 Å². The molecule has 0 spiro atoms. The summed E-state index contributed by atoms with van der Waals surface area (Å²) in [5, 5.41) is 2.98. The predicted molar refractivity (Wildman–Crippen MR) is 85.7 cm³/mol. The van der Waals surface area contributed by atoms with Crippen molar-refractivity contribution in [3.8, 4) is 11.5 Å². The summed E-state index contributed by atoms with van der Waals surface area (Å²) in [7, 11) is 3.02. The molecule has 124 valence electrons. The molecule has 1 atom stereocenters. The summed E-state index contributed by atoms with van der Waals surface area (Å²) in [5.74, 6) is 0.929. The van der Waals surface area contributed by atoms with Crippen molar-refractivity contribution in [2.45, 2.75) is 32.4 Å². The number of hydrogen-bond donors (Lipinski definition) is 2. The lowest BCUT2D eigenvalue weighted by Gasteiger charge is -2.21. The van der Waals surface area contributed by atoms with Gasteiger partial charge in [0, 0.05) is 12.6 Å². The number of rotatable bonds is 5. The summed E-state index contributed by atoms with van der Waals surface area (Å²) >= 11 is 6.28. The molecular weight excluding hydrogens is 308 g/mol. The lowest BCUT2D eigenvalue weighted by molar-refractivity contribution is 0.0524. The molecule has 1 rings (SSSR count). The summed E-state index contributed by atoms with van der Waals surface area (Å²) in [6.45, 7) is 5.55. The molecule has 6 nitrogen and oxygen atoms in total. The molecule has 22 heavy (non-hydrogen) atoms. The first-order valence-electron chi connectivity index (χ1n) is 6.82. The molecule has 0 bridgehead atoms. The maximum Gasteiger partial charge on any atom is 0.407 e. The number of benzene rings is 1. The Morgan fingerprint density at radius 1 is 1.32 bits per heavy atom. The SMILES string of the molecule is COc1ccc(C(N)CNC(=O)OC(C)(C)C)c(Cl)c1OC. The minimum atomic E-state index is -0.560. The Morgan fingerprint density at radius 3 is 2.45 bits per heavy atom. The van der Waals surface area contributed by atoms with E-state index in [0.717, 1.165) is 0 Å². The second kappa shape index (κ2) is 7.56. The molecule has 1 aromatic carbocycles. The number of halogens is 1. The zero-order valence-corrected chi connectivity index (χ0v) is 14.3. The van der Waals surface area contributed by atoms with Gasteiger partial charge in [0.25, 0.3) is 0 Å². The number of amides is 1. The van der Waals surface area contributed by atoms with Crippen LogP contribution in [0, 0.1) is 0 Å². The highest BCUT2D eigenvalue weighted by molar-refractivity contribution is 6.33. The molecular formula is C15H23ClN2O4. The van der Waals surface area contributed by atoms with E-state index in [4.69, 9.17) is 31.5 Å². The zero-order chi connectivity index (χ0) is 16.9. The Kier molecular flexibility index (Phi) is 6.32. The van der Waals surface area contributed by atoms with Gasteiger partial charge in [-0.1, -0.05) is 17.7 Å². The molecule has 1 amide bonds. The average molecular weight is 331 g/mol. The van der Waals surface area contributed by atoms with Crippen LogP contribution in [-0.4, -0.2) is 32.5 Å². The molecule has 0 radical (unpaired) electrons. The highest BCUT2D eigenvalue weighted by atomic mass is 35.5. The molecule has 0 fully saturated rings. The van der Waals surface area contributed by atoms with Gasteiger partial charge in [-0.2, -0.15) is 0 Å². The molecule has 1 aromatic rings. The maximum atomic E-state index is 11.6. The predicted octanol–water partition coefficient (Wildman–Crippen LogP) is 2.88. The number of hydrogen-bond acceptors (Lipinski definition) is 5. The van der Waals surface area contributed by atoms with Crippen molar-refractivity contribution in [2.24, 2.45) is 5.73 Å². The lowest BCUT2D eigenvalue weighted by atomic mass is 10.1. The van der Waals surface area contributed by atoms with E-state index in [1.54, 1.807) is 32.9 Å². The summed E-state index contributed by atoms with van der Waals surface area (Å²) in [6.07, 6.45) is -0.528. The number of methoxy groups -OCH3 is 2. The topological polar surface area (TPSA) is 82.8 Å². The molecule has 0 saturated heterocycles. The van der Waals surface area contributed by atoms with Crippen LogP contribution in [0.25, 0.3) is 0 Å². The summed E-state index contributed by atoms with van der Waals surface area (Å²) < 4.78 is 15.5.